The van der Waals surface area contributed by atoms with Gasteiger partial charge in [-0.2, -0.15) is 5.10 Å². The van der Waals surface area contributed by atoms with Crippen molar-refractivity contribution >= 4 is 17.6 Å². The number of carbonyl (C=O) groups is 2. The maximum absolute atomic E-state index is 13.8. The van der Waals surface area contributed by atoms with E-state index < -0.39 is 5.82 Å². The fraction of sp³-hybridized carbons (Fsp3) is 0.476. The molecule has 0 spiro atoms. The number of piperidine rings is 1. The largest absolute Gasteiger partial charge is 0.342 e. The van der Waals surface area contributed by atoms with Gasteiger partial charge in [0.05, 0.1) is 17.9 Å². The summed E-state index contributed by atoms with van der Waals surface area (Å²) in [4.78, 5) is 30.9. The molecule has 160 valence electrons. The summed E-state index contributed by atoms with van der Waals surface area (Å²) in [6.07, 6.45) is 6.73. The molecule has 2 aliphatic rings. The third-order valence-electron chi connectivity index (χ3n) is 5.68. The zero-order chi connectivity index (χ0) is 20.9. The number of aromatic nitrogens is 2. The summed E-state index contributed by atoms with van der Waals surface area (Å²) in [5, 5.41) is 6.97. The highest BCUT2D eigenvalue weighted by Gasteiger charge is 2.25. The maximum atomic E-state index is 13.8. The van der Waals surface area contributed by atoms with E-state index in [1.807, 2.05) is 4.90 Å². The number of anilines is 1. The van der Waals surface area contributed by atoms with E-state index in [4.69, 9.17) is 0 Å². The molecular weight excluding hydrogens is 387 g/mol. The number of hydrogen-bond acceptors (Lipinski definition) is 4. The van der Waals surface area contributed by atoms with Gasteiger partial charge < -0.3 is 15.1 Å². The van der Waals surface area contributed by atoms with Crippen molar-refractivity contribution in [2.24, 2.45) is 0 Å². The van der Waals surface area contributed by atoms with Gasteiger partial charge >= 0.3 is 6.03 Å². The van der Waals surface area contributed by atoms with Gasteiger partial charge in [-0.25, -0.2) is 13.9 Å². The van der Waals surface area contributed by atoms with E-state index in [0.717, 1.165) is 25.9 Å². The first kappa shape index (κ1) is 20.3. The van der Waals surface area contributed by atoms with Crippen LogP contribution in [0, 0.1) is 5.82 Å². The molecule has 3 amide bonds. The van der Waals surface area contributed by atoms with Crippen molar-refractivity contribution in [2.75, 3.05) is 51.1 Å². The molecule has 1 aromatic heterocycles. The molecule has 0 bridgehead atoms. The molecule has 9 heteroatoms. The number of piperazine rings is 1. The Kier molecular flexibility index (Phi) is 6.27. The Morgan fingerprint density at radius 3 is 2.47 bits per heavy atom. The zero-order valence-corrected chi connectivity index (χ0v) is 17.0. The Balaban J connectivity index is 1.32. The molecule has 4 rings (SSSR count). The Labute approximate surface area is 175 Å². The first-order valence-corrected chi connectivity index (χ1v) is 10.5. The fourth-order valence-electron chi connectivity index (χ4n) is 3.96. The van der Waals surface area contributed by atoms with Crippen molar-refractivity contribution in [1.82, 2.24) is 24.5 Å². The SMILES string of the molecule is O=C(CN1CCN(C(=O)Nc2cc(F)ccc2-n2cccn2)CC1)N1CCCCC1. The summed E-state index contributed by atoms with van der Waals surface area (Å²) < 4.78 is 15.4. The molecule has 2 saturated heterocycles. The molecule has 0 unspecified atom stereocenters. The van der Waals surface area contributed by atoms with E-state index in [0.29, 0.717) is 44.1 Å². The standard InChI is InChI=1S/C21H27FN6O2/c22-17-5-6-19(28-10-4-7-23-28)18(15-17)24-21(30)27-13-11-25(12-14-27)16-20(29)26-8-2-1-3-9-26/h4-7,10,15H,1-3,8-9,11-14,16H2,(H,24,30). The van der Waals surface area contributed by atoms with E-state index in [1.165, 1.54) is 18.6 Å². The number of rotatable bonds is 4. The van der Waals surface area contributed by atoms with E-state index >= 15 is 0 Å². The molecule has 0 atom stereocenters. The van der Waals surface area contributed by atoms with Crippen molar-refractivity contribution in [3.05, 3.63) is 42.5 Å². The normalized spacial score (nSPS) is 17.8. The monoisotopic (exact) mass is 414 g/mol. The molecule has 0 radical (unpaired) electrons. The first-order chi connectivity index (χ1) is 14.6. The van der Waals surface area contributed by atoms with Gasteiger partial charge in [-0.05, 0) is 43.5 Å². The van der Waals surface area contributed by atoms with Crippen molar-refractivity contribution in [3.8, 4) is 5.69 Å². The number of hydrogen-bond donors (Lipinski definition) is 1. The number of carbonyl (C=O) groups excluding carboxylic acids is 2. The van der Waals surface area contributed by atoms with Gasteiger partial charge in [-0.15, -0.1) is 0 Å². The predicted octanol–water partition coefficient (Wildman–Crippen LogP) is 2.17. The second kappa shape index (κ2) is 9.25. The quantitative estimate of drug-likeness (QED) is 0.832. The van der Waals surface area contributed by atoms with Gasteiger partial charge in [0.25, 0.3) is 0 Å². The van der Waals surface area contributed by atoms with Crippen LogP contribution in [0.1, 0.15) is 19.3 Å². The van der Waals surface area contributed by atoms with Gasteiger partial charge in [0.15, 0.2) is 0 Å². The molecule has 0 aliphatic carbocycles. The van der Waals surface area contributed by atoms with Crippen LogP contribution < -0.4 is 5.32 Å². The summed E-state index contributed by atoms with van der Waals surface area (Å²) in [7, 11) is 0. The van der Waals surface area contributed by atoms with E-state index in [1.54, 1.807) is 34.1 Å². The summed E-state index contributed by atoms with van der Waals surface area (Å²) in [6.45, 7) is 4.44. The third kappa shape index (κ3) is 4.79. The smallest absolute Gasteiger partial charge is 0.321 e. The lowest BCUT2D eigenvalue weighted by molar-refractivity contribution is -0.133. The third-order valence-corrected chi connectivity index (χ3v) is 5.68. The molecule has 30 heavy (non-hydrogen) atoms. The minimum Gasteiger partial charge on any atom is -0.342 e. The predicted molar refractivity (Wildman–Crippen MR) is 111 cm³/mol. The summed E-state index contributed by atoms with van der Waals surface area (Å²) in [6, 6.07) is 5.70. The van der Waals surface area contributed by atoms with Crippen LogP contribution in [0.25, 0.3) is 5.69 Å². The van der Waals surface area contributed by atoms with Crippen molar-refractivity contribution < 1.29 is 14.0 Å². The minimum atomic E-state index is -0.428. The van der Waals surface area contributed by atoms with Crippen LogP contribution in [0.2, 0.25) is 0 Å². The second-order valence-electron chi connectivity index (χ2n) is 7.75. The Morgan fingerprint density at radius 2 is 1.77 bits per heavy atom. The summed E-state index contributed by atoms with van der Waals surface area (Å²) >= 11 is 0. The molecule has 0 saturated carbocycles. The van der Waals surface area contributed by atoms with E-state index in [9.17, 15) is 14.0 Å². The molecule has 1 N–H and O–H groups in total. The van der Waals surface area contributed by atoms with Crippen molar-refractivity contribution in [3.63, 3.8) is 0 Å². The minimum absolute atomic E-state index is 0.177. The molecular formula is C21H27FN6O2. The number of benzene rings is 1. The molecule has 3 heterocycles. The van der Waals surface area contributed by atoms with Crippen LogP contribution in [0.5, 0.6) is 0 Å². The van der Waals surface area contributed by atoms with Gasteiger partial charge in [-0.1, -0.05) is 0 Å². The maximum Gasteiger partial charge on any atom is 0.321 e. The summed E-state index contributed by atoms with van der Waals surface area (Å²) in [5.41, 5.74) is 0.965. The topological polar surface area (TPSA) is 73.7 Å². The van der Waals surface area contributed by atoms with Gasteiger partial charge in [0.1, 0.15) is 5.82 Å². The van der Waals surface area contributed by atoms with Gasteiger partial charge in [-0.3, -0.25) is 9.69 Å². The lowest BCUT2D eigenvalue weighted by Crippen LogP contribution is -2.52. The van der Waals surface area contributed by atoms with Crippen LogP contribution in [0.4, 0.5) is 14.9 Å². The number of nitrogens with zero attached hydrogens (tertiary/aromatic N) is 5. The average Bonchev–Trinajstić information content (AvgIpc) is 3.29. The Hall–Kier alpha value is -2.94. The lowest BCUT2D eigenvalue weighted by atomic mass is 10.1. The second-order valence-corrected chi connectivity index (χ2v) is 7.75. The number of likely N-dealkylation sites (tertiary alicyclic amines) is 1. The molecule has 2 fully saturated rings. The van der Waals surface area contributed by atoms with Crippen LogP contribution >= 0.6 is 0 Å². The lowest BCUT2D eigenvalue weighted by Gasteiger charge is -2.36. The molecule has 8 nitrogen and oxygen atoms in total. The Morgan fingerprint density at radius 1 is 1.00 bits per heavy atom. The van der Waals surface area contributed by atoms with Gasteiger partial charge in [0, 0.05) is 51.7 Å². The van der Waals surface area contributed by atoms with E-state index in [-0.39, 0.29) is 11.9 Å². The highest BCUT2D eigenvalue weighted by molar-refractivity contribution is 5.91. The summed E-state index contributed by atoms with van der Waals surface area (Å²) in [5.74, 6) is -0.251. The number of nitrogens with one attached hydrogen (secondary N) is 1. The first-order valence-electron chi connectivity index (χ1n) is 10.5. The number of urea groups is 1. The van der Waals surface area contributed by atoms with Crippen LogP contribution in [-0.2, 0) is 4.79 Å². The highest BCUT2D eigenvalue weighted by atomic mass is 19.1. The molecule has 2 aromatic rings. The molecule has 2 aliphatic heterocycles. The van der Waals surface area contributed by atoms with Crippen LogP contribution in [0.15, 0.2) is 36.7 Å². The van der Waals surface area contributed by atoms with E-state index in [2.05, 4.69) is 15.3 Å². The van der Waals surface area contributed by atoms with Crippen LogP contribution in [0.3, 0.4) is 0 Å². The number of halogens is 1. The van der Waals surface area contributed by atoms with Crippen molar-refractivity contribution in [1.29, 1.82) is 0 Å². The fourth-order valence-corrected chi connectivity index (χ4v) is 3.96. The van der Waals surface area contributed by atoms with Crippen LogP contribution in [-0.4, -0.2) is 82.2 Å². The van der Waals surface area contributed by atoms with Gasteiger partial charge in [0.2, 0.25) is 5.91 Å². The zero-order valence-electron chi connectivity index (χ0n) is 17.0. The highest BCUT2D eigenvalue weighted by Crippen LogP contribution is 2.21. The average molecular weight is 414 g/mol. The molecule has 1 aromatic carbocycles. The Bertz CT molecular complexity index is 874. The van der Waals surface area contributed by atoms with Crippen molar-refractivity contribution in [2.45, 2.75) is 19.3 Å². The number of amides is 3.